The lowest BCUT2D eigenvalue weighted by Crippen LogP contribution is -2.35. The van der Waals surface area contributed by atoms with E-state index in [0.29, 0.717) is 5.56 Å². The molecule has 1 unspecified atom stereocenters. The highest BCUT2D eigenvalue weighted by Crippen LogP contribution is 2.10. The van der Waals surface area contributed by atoms with Gasteiger partial charge in [-0.15, -0.1) is 0 Å². The molecule has 1 rings (SSSR count). The van der Waals surface area contributed by atoms with Crippen LogP contribution in [0.4, 0.5) is 0 Å². The van der Waals surface area contributed by atoms with Gasteiger partial charge < -0.3 is 20.6 Å². The van der Waals surface area contributed by atoms with Gasteiger partial charge in [-0.25, -0.2) is 4.79 Å². The molecule has 0 radical (unpaired) electrons. The molecule has 0 aliphatic heterocycles. The Hall–Kier alpha value is -2.34. The highest BCUT2D eigenvalue weighted by atomic mass is 16.4. The van der Waals surface area contributed by atoms with Crippen LogP contribution in [0, 0.1) is 0 Å². The van der Waals surface area contributed by atoms with Crippen molar-refractivity contribution >= 4 is 18.0 Å². The number of benzene rings is 1. The van der Waals surface area contributed by atoms with Crippen LogP contribution in [0.2, 0.25) is 0 Å². The summed E-state index contributed by atoms with van der Waals surface area (Å²) in [6.45, 7) is -0.353. The number of carboxylic acids is 1. The van der Waals surface area contributed by atoms with Gasteiger partial charge in [0.15, 0.2) is 6.10 Å². The van der Waals surface area contributed by atoms with Crippen molar-refractivity contribution in [1.82, 2.24) is 5.32 Å². The summed E-state index contributed by atoms with van der Waals surface area (Å²) in [5.41, 5.74) is 0.710. The SMILES string of the molecule is O=C(C=Cc1ccc(O)cc1)NCC(O)C(=O)O. The summed E-state index contributed by atoms with van der Waals surface area (Å²) in [6, 6.07) is 6.19. The highest BCUT2D eigenvalue weighted by Gasteiger charge is 2.12. The minimum atomic E-state index is -1.61. The number of carbonyl (C=O) groups is 2. The zero-order valence-electron chi connectivity index (χ0n) is 9.41. The zero-order chi connectivity index (χ0) is 13.5. The summed E-state index contributed by atoms with van der Waals surface area (Å²) in [4.78, 5) is 21.5. The van der Waals surface area contributed by atoms with E-state index in [-0.39, 0.29) is 12.3 Å². The van der Waals surface area contributed by atoms with Crippen LogP contribution in [-0.2, 0) is 9.59 Å². The van der Waals surface area contributed by atoms with Crippen LogP contribution >= 0.6 is 0 Å². The number of phenols is 1. The van der Waals surface area contributed by atoms with Gasteiger partial charge in [0.05, 0.1) is 6.54 Å². The third kappa shape index (κ3) is 4.67. The molecule has 1 amide bonds. The van der Waals surface area contributed by atoms with Gasteiger partial charge >= 0.3 is 5.97 Å². The molecule has 0 fully saturated rings. The number of aliphatic carboxylic acids is 1. The molecule has 6 nitrogen and oxygen atoms in total. The van der Waals surface area contributed by atoms with E-state index in [1.54, 1.807) is 12.1 Å². The Morgan fingerprint density at radius 2 is 1.89 bits per heavy atom. The fourth-order valence-electron chi connectivity index (χ4n) is 1.10. The van der Waals surface area contributed by atoms with Crippen molar-refractivity contribution < 1.29 is 24.9 Å². The number of hydrogen-bond acceptors (Lipinski definition) is 4. The maximum absolute atomic E-state index is 11.3. The monoisotopic (exact) mass is 251 g/mol. The van der Waals surface area contributed by atoms with Crippen LogP contribution in [0.25, 0.3) is 6.08 Å². The number of phenolic OH excluding ortho intramolecular Hbond substituents is 1. The fraction of sp³-hybridized carbons (Fsp3) is 0.167. The third-order valence-electron chi connectivity index (χ3n) is 2.07. The zero-order valence-corrected chi connectivity index (χ0v) is 9.41. The summed E-state index contributed by atoms with van der Waals surface area (Å²) in [5.74, 6) is -1.78. The second kappa shape index (κ2) is 6.41. The van der Waals surface area contributed by atoms with Gasteiger partial charge in [0.1, 0.15) is 5.75 Å². The van der Waals surface area contributed by atoms with Crippen LogP contribution in [0.5, 0.6) is 5.75 Å². The van der Waals surface area contributed by atoms with Crippen molar-refractivity contribution in [1.29, 1.82) is 0 Å². The van der Waals surface area contributed by atoms with Gasteiger partial charge in [0.25, 0.3) is 0 Å². The van der Waals surface area contributed by atoms with Gasteiger partial charge in [0.2, 0.25) is 5.91 Å². The number of hydrogen-bond donors (Lipinski definition) is 4. The van der Waals surface area contributed by atoms with E-state index in [4.69, 9.17) is 15.3 Å². The van der Waals surface area contributed by atoms with Gasteiger partial charge in [-0.2, -0.15) is 0 Å². The molecule has 0 saturated heterocycles. The molecule has 18 heavy (non-hydrogen) atoms. The van der Waals surface area contributed by atoms with E-state index >= 15 is 0 Å². The molecule has 1 aromatic carbocycles. The van der Waals surface area contributed by atoms with E-state index in [1.165, 1.54) is 24.3 Å². The van der Waals surface area contributed by atoms with E-state index < -0.39 is 18.0 Å². The molecule has 0 heterocycles. The quantitative estimate of drug-likeness (QED) is 0.550. The van der Waals surface area contributed by atoms with Gasteiger partial charge in [-0.05, 0) is 23.8 Å². The van der Waals surface area contributed by atoms with Crippen LogP contribution in [0.3, 0.4) is 0 Å². The summed E-state index contributed by atoms with van der Waals surface area (Å²) in [7, 11) is 0. The molecule has 0 spiro atoms. The normalized spacial score (nSPS) is 12.3. The Bertz CT molecular complexity index is 452. The first-order chi connectivity index (χ1) is 8.49. The van der Waals surface area contributed by atoms with Gasteiger partial charge in [-0.1, -0.05) is 12.1 Å². The Morgan fingerprint density at radius 1 is 1.28 bits per heavy atom. The lowest BCUT2D eigenvalue weighted by atomic mass is 10.2. The largest absolute Gasteiger partial charge is 0.508 e. The molecular formula is C12H13NO5. The van der Waals surface area contributed by atoms with E-state index in [1.807, 2.05) is 0 Å². The summed E-state index contributed by atoms with van der Waals surface area (Å²) in [5, 5.41) is 28.6. The summed E-state index contributed by atoms with van der Waals surface area (Å²) >= 11 is 0. The Balaban J connectivity index is 2.45. The molecule has 4 N–H and O–H groups in total. The van der Waals surface area contributed by atoms with Gasteiger partial charge in [0, 0.05) is 6.08 Å². The van der Waals surface area contributed by atoms with Crippen molar-refractivity contribution in [3.63, 3.8) is 0 Å². The molecule has 0 bridgehead atoms. The number of carbonyl (C=O) groups excluding carboxylic acids is 1. The van der Waals surface area contributed by atoms with E-state index in [0.717, 1.165) is 0 Å². The Kier molecular flexibility index (Phi) is 4.89. The molecule has 6 heteroatoms. The molecular weight excluding hydrogens is 238 g/mol. The fourth-order valence-corrected chi connectivity index (χ4v) is 1.10. The molecule has 1 atom stereocenters. The van der Waals surface area contributed by atoms with Crippen molar-refractivity contribution in [2.75, 3.05) is 6.54 Å². The number of aromatic hydroxyl groups is 1. The Morgan fingerprint density at radius 3 is 2.44 bits per heavy atom. The first-order valence-electron chi connectivity index (χ1n) is 5.15. The number of amides is 1. The number of aliphatic hydroxyl groups excluding tert-OH is 1. The van der Waals surface area contributed by atoms with Crippen LogP contribution in [0.1, 0.15) is 5.56 Å². The average molecular weight is 251 g/mol. The smallest absolute Gasteiger partial charge is 0.334 e. The summed E-state index contributed by atoms with van der Waals surface area (Å²) < 4.78 is 0. The summed E-state index contributed by atoms with van der Waals surface area (Å²) in [6.07, 6.45) is 1.10. The van der Waals surface area contributed by atoms with Crippen molar-refractivity contribution in [3.05, 3.63) is 35.9 Å². The lowest BCUT2D eigenvalue weighted by Gasteiger charge is -2.05. The first-order valence-corrected chi connectivity index (χ1v) is 5.15. The van der Waals surface area contributed by atoms with Gasteiger partial charge in [-0.3, -0.25) is 4.79 Å². The van der Waals surface area contributed by atoms with Crippen LogP contribution in [0.15, 0.2) is 30.3 Å². The van der Waals surface area contributed by atoms with Crippen molar-refractivity contribution in [3.8, 4) is 5.75 Å². The molecule has 1 aromatic rings. The average Bonchev–Trinajstić information content (AvgIpc) is 2.35. The number of nitrogens with one attached hydrogen (secondary N) is 1. The maximum Gasteiger partial charge on any atom is 0.334 e. The van der Waals surface area contributed by atoms with Crippen molar-refractivity contribution in [2.45, 2.75) is 6.10 Å². The highest BCUT2D eigenvalue weighted by molar-refractivity contribution is 5.92. The second-order valence-corrected chi connectivity index (χ2v) is 3.52. The van der Waals surface area contributed by atoms with Crippen LogP contribution < -0.4 is 5.32 Å². The Labute approximate surface area is 103 Å². The molecule has 96 valence electrons. The maximum atomic E-state index is 11.3. The second-order valence-electron chi connectivity index (χ2n) is 3.52. The third-order valence-corrected chi connectivity index (χ3v) is 2.07. The molecule has 0 aliphatic carbocycles. The first kappa shape index (κ1) is 13.7. The minimum absolute atomic E-state index is 0.126. The van der Waals surface area contributed by atoms with Crippen LogP contribution in [-0.4, -0.2) is 39.8 Å². The van der Waals surface area contributed by atoms with E-state index in [9.17, 15) is 9.59 Å². The predicted octanol–water partition coefficient (Wildman–Crippen LogP) is -0.0329. The minimum Gasteiger partial charge on any atom is -0.508 e. The number of carboxylic acid groups (broad SMARTS) is 1. The predicted molar refractivity (Wildman–Crippen MR) is 63.8 cm³/mol. The molecule has 0 aliphatic rings. The topological polar surface area (TPSA) is 107 Å². The number of aliphatic hydroxyl groups is 1. The standard InChI is InChI=1S/C12H13NO5/c14-9-4-1-8(2-5-9)3-6-11(16)13-7-10(15)12(17)18/h1-6,10,14-15H,7H2,(H,13,16)(H,17,18). The van der Waals surface area contributed by atoms with Crippen molar-refractivity contribution in [2.24, 2.45) is 0 Å². The molecule has 0 aromatic heterocycles. The van der Waals surface area contributed by atoms with E-state index in [2.05, 4.69) is 5.32 Å². The number of rotatable bonds is 5. The lowest BCUT2D eigenvalue weighted by molar-refractivity contribution is -0.146. The molecule has 0 saturated carbocycles.